The zero-order chi connectivity index (χ0) is 12.0. The van der Waals surface area contributed by atoms with Crippen molar-refractivity contribution in [3.8, 4) is 0 Å². The molecule has 0 aromatic heterocycles. The van der Waals surface area contributed by atoms with E-state index in [2.05, 4.69) is 47.2 Å². The summed E-state index contributed by atoms with van der Waals surface area (Å²) < 4.78 is 6.57. The molecule has 1 aromatic rings. The Labute approximate surface area is 107 Å². The lowest BCUT2D eigenvalue weighted by Gasteiger charge is -2.20. The average Bonchev–Trinajstić information content (AvgIpc) is 2.28. The van der Waals surface area contributed by atoms with Gasteiger partial charge in [0.1, 0.15) is 0 Å². The van der Waals surface area contributed by atoms with Crippen molar-refractivity contribution in [2.45, 2.75) is 33.2 Å². The van der Waals surface area contributed by atoms with Crippen LogP contribution in [0, 0.1) is 6.92 Å². The first-order valence-electron chi connectivity index (χ1n) is 5.78. The first-order valence-corrected chi connectivity index (χ1v) is 6.57. The molecule has 1 unspecified atom stereocenters. The SMILES string of the molecule is CCOCC(CC)Nc1c(C)cccc1Br. The molecule has 1 N–H and O–H groups in total. The quantitative estimate of drug-likeness (QED) is 0.854. The Morgan fingerprint density at radius 1 is 1.38 bits per heavy atom. The summed E-state index contributed by atoms with van der Waals surface area (Å²) >= 11 is 3.57. The van der Waals surface area contributed by atoms with Gasteiger partial charge in [-0.1, -0.05) is 19.1 Å². The molecule has 0 aliphatic heterocycles. The molecule has 0 aliphatic carbocycles. The molecular formula is C13H20BrNO. The number of hydrogen-bond donors (Lipinski definition) is 1. The summed E-state index contributed by atoms with van der Waals surface area (Å²) in [6, 6.07) is 6.59. The number of aryl methyl sites for hydroxylation is 1. The maximum atomic E-state index is 5.46. The van der Waals surface area contributed by atoms with Crippen LogP contribution in [0.2, 0.25) is 0 Å². The van der Waals surface area contributed by atoms with Crippen LogP contribution in [0.1, 0.15) is 25.8 Å². The van der Waals surface area contributed by atoms with Gasteiger partial charge in [-0.05, 0) is 47.8 Å². The molecule has 0 fully saturated rings. The van der Waals surface area contributed by atoms with Crippen molar-refractivity contribution in [3.05, 3.63) is 28.2 Å². The smallest absolute Gasteiger partial charge is 0.0667 e. The third-order valence-corrected chi connectivity index (χ3v) is 3.25. The molecule has 90 valence electrons. The molecule has 0 saturated heterocycles. The normalized spacial score (nSPS) is 12.5. The second-order valence-electron chi connectivity index (χ2n) is 3.84. The van der Waals surface area contributed by atoms with Crippen LogP contribution in [0.15, 0.2) is 22.7 Å². The fourth-order valence-corrected chi connectivity index (χ4v) is 2.12. The molecule has 0 amide bonds. The summed E-state index contributed by atoms with van der Waals surface area (Å²) in [6.07, 6.45) is 1.06. The van der Waals surface area contributed by atoms with Gasteiger partial charge in [-0.2, -0.15) is 0 Å². The van der Waals surface area contributed by atoms with Crippen LogP contribution in [0.4, 0.5) is 5.69 Å². The van der Waals surface area contributed by atoms with Gasteiger partial charge in [0.15, 0.2) is 0 Å². The molecule has 1 rings (SSSR count). The van der Waals surface area contributed by atoms with Gasteiger partial charge in [0.05, 0.1) is 12.3 Å². The lowest BCUT2D eigenvalue weighted by Crippen LogP contribution is -2.25. The highest BCUT2D eigenvalue weighted by molar-refractivity contribution is 9.10. The van der Waals surface area contributed by atoms with Crippen molar-refractivity contribution in [2.75, 3.05) is 18.5 Å². The second-order valence-corrected chi connectivity index (χ2v) is 4.70. The van der Waals surface area contributed by atoms with Gasteiger partial charge in [-0.15, -0.1) is 0 Å². The van der Waals surface area contributed by atoms with Crippen molar-refractivity contribution in [3.63, 3.8) is 0 Å². The fourth-order valence-electron chi connectivity index (χ4n) is 1.54. The number of benzene rings is 1. The number of ether oxygens (including phenoxy) is 1. The summed E-state index contributed by atoms with van der Waals surface area (Å²) in [6.45, 7) is 7.83. The van der Waals surface area contributed by atoms with Gasteiger partial charge in [0.2, 0.25) is 0 Å². The van der Waals surface area contributed by atoms with Gasteiger partial charge in [-0.25, -0.2) is 0 Å². The van der Waals surface area contributed by atoms with Crippen LogP contribution < -0.4 is 5.32 Å². The first-order chi connectivity index (χ1) is 7.69. The van der Waals surface area contributed by atoms with E-state index >= 15 is 0 Å². The van der Waals surface area contributed by atoms with Crippen LogP contribution in [0.3, 0.4) is 0 Å². The van der Waals surface area contributed by atoms with Crippen molar-refractivity contribution in [1.29, 1.82) is 0 Å². The van der Waals surface area contributed by atoms with E-state index in [1.165, 1.54) is 11.3 Å². The average molecular weight is 286 g/mol. The van der Waals surface area contributed by atoms with E-state index in [4.69, 9.17) is 4.74 Å². The maximum Gasteiger partial charge on any atom is 0.0667 e. The number of anilines is 1. The molecular weight excluding hydrogens is 266 g/mol. The zero-order valence-electron chi connectivity index (χ0n) is 10.2. The molecule has 1 aromatic carbocycles. The minimum Gasteiger partial charge on any atom is -0.380 e. The van der Waals surface area contributed by atoms with Gasteiger partial charge in [0, 0.05) is 17.1 Å². The first kappa shape index (κ1) is 13.5. The highest BCUT2D eigenvalue weighted by Crippen LogP contribution is 2.26. The Morgan fingerprint density at radius 2 is 2.12 bits per heavy atom. The molecule has 2 nitrogen and oxygen atoms in total. The molecule has 3 heteroatoms. The molecule has 1 atom stereocenters. The maximum absolute atomic E-state index is 5.46. The van der Waals surface area contributed by atoms with E-state index < -0.39 is 0 Å². The fraction of sp³-hybridized carbons (Fsp3) is 0.538. The predicted molar refractivity (Wildman–Crippen MR) is 73.1 cm³/mol. The van der Waals surface area contributed by atoms with Crippen LogP contribution in [0.25, 0.3) is 0 Å². The highest BCUT2D eigenvalue weighted by Gasteiger charge is 2.09. The van der Waals surface area contributed by atoms with Gasteiger partial charge in [0.25, 0.3) is 0 Å². The zero-order valence-corrected chi connectivity index (χ0v) is 11.8. The summed E-state index contributed by atoms with van der Waals surface area (Å²) in [4.78, 5) is 0. The van der Waals surface area contributed by atoms with E-state index in [1.54, 1.807) is 0 Å². The van der Waals surface area contributed by atoms with E-state index in [1.807, 2.05) is 13.0 Å². The third-order valence-electron chi connectivity index (χ3n) is 2.59. The monoisotopic (exact) mass is 285 g/mol. The standard InChI is InChI=1S/C13H20BrNO/c1-4-11(9-16-5-2)15-13-10(3)7-6-8-12(13)14/h6-8,11,15H,4-5,9H2,1-3H3. The van der Waals surface area contributed by atoms with Crippen molar-refractivity contribution < 1.29 is 4.74 Å². The molecule has 0 saturated carbocycles. The lowest BCUT2D eigenvalue weighted by atomic mass is 10.1. The van der Waals surface area contributed by atoms with Crippen LogP contribution in [0.5, 0.6) is 0 Å². The lowest BCUT2D eigenvalue weighted by molar-refractivity contribution is 0.136. The predicted octanol–water partition coefficient (Wildman–Crippen LogP) is 3.98. The highest BCUT2D eigenvalue weighted by atomic mass is 79.9. The Bertz CT molecular complexity index is 307. The number of nitrogens with one attached hydrogen (secondary N) is 1. The topological polar surface area (TPSA) is 21.3 Å². The number of rotatable bonds is 6. The van der Waals surface area contributed by atoms with Crippen molar-refractivity contribution in [1.82, 2.24) is 0 Å². The number of halogens is 1. The molecule has 16 heavy (non-hydrogen) atoms. The van der Waals surface area contributed by atoms with E-state index in [9.17, 15) is 0 Å². The minimum absolute atomic E-state index is 0.373. The summed E-state index contributed by atoms with van der Waals surface area (Å²) in [5.74, 6) is 0. The molecule has 0 aliphatic rings. The number of para-hydroxylation sites is 1. The largest absolute Gasteiger partial charge is 0.380 e. The Hall–Kier alpha value is -0.540. The van der Waals surface area contributed by atoms with Crippen LogP contribution in [-0.4, -0.2) is 19.3 Å². The Morgan fingerprint density at radius 3 is 2.69 bits per heavy atom. The van der Waals surface area contributed by atoms with Gasteiger partial charge >= 0.3 is 0 Å². The molecule has 0 radical (unpaired) electrons. The van der Waals surface area contributed by atoms with Crippen molar-refractivity contribution in [2.24, 2.45) is 0 Å². The summed E-state index contributed by atoms with van der Waals surface area (Å²) in [5.41, 5.74) is 2.43. The molecule has 0 bridgehead atoms. The van der Waals surface area contributed by atoms with Crippen molar-refractivity contribution >= 4 is 21.6 Å². The third kappa shape index (κ3) is 3.80. The molecule has 0 spiro atoms. The Kier molecular flexibility index (Phi) is 5.85. The summed E-state index contributed by atoms with van der Waals surface area (Å²) in [7, 11) is 0. The second kappa shape index (κ2) is 6.92. The van der Waals surface area contributed by atoms with Crippen LogP contribution >= 0.6 is 15.9 Å². The minimum atomic E-state index is 0.373. The van der Waals surface area contributed by atoms with E-state index in [0.29, 0.717) is 6.04 Å². The van der Waals surface area contributed by atoms with Crippen LogP contribution in [-0.2, 0) is 4.74 Å². The number of hydrogen-bond acceptors (Lipinski definition) is 2. The van der Waals surface area contributed by atoms with Gasteiger partial charge < -0.3 is 10.1 Å². The van der Waals surface area contributed by atoms with Gasteiger partial charge in [-0.3, -0.25) is 0 Å². The van der Waals surface area contributed by atoms with E-state index in [-0.39, 0.29) is 0 Å². The Balaban J connectivity index is 2.69. The molecule has 0 heterocycles. The van der Waals surface area contributed by atoms with E-state index in [0.717, 1.165) is 24.1 Å². The summed E-state index contributed by atoms with van der Waals surface area (Å²) in [5, 5.41) is 3.53.